The molecule has 4 rings (SSSR count). The molecule has 2 heterocycles. The molecule has 0 spiro atoms. The van der Waals surface area contributed by atoms with E-state index < -0.39 is 18.6 Å². The molecule has 6 nitrogen and oxygen atoms in total. The fourth-order valence-corrected chi connectivity index (χ4v) is 2.88. The van der Waals surface area contributed by atoms with E-state index in [0.29, 0.717) is 16.2 Å². The van der Waals surface area contributed by atoms with Crippen LogP contribution in [0.1, 0.15) is 16.3 Å². The highest BCUT2D eigenvalue weighted by atomic mass is 19.4. The minimum Gasteiger partial charge on any atom is -0.486 e. The first kappa shape index (κ1) is 19.6. The molecule has 4 aromatic rings. The molecule has 0 aliphatic carbocycles. The molecule has 2 aromatic heterocycles. The molecule has 154 valence electrons. The SMILES string of the molecule is O=C(Nc1cnn(CC(F)(F)F)c1)c1ccc(COc2ccc3ccccc3c2)o1. The van der Waals surface area contributed by atoms with Gasteiger partial charge in [-0.15, -0.1) is 0 Å². The number of hydrogen-bond acceptors (Lipinski definition) is 4. The molecule has 0 radical (unpaired) electrons. The number of anilines is 1. The van der Waals surface area contributed by atoms with Crippen molar-refractivity contribution in [1.82, 2.24) is 9.78 Å². The number of carbonyl (C=O) groups excluding carboxylic acids is 1. The Morgan fingerprint density at radius 3 is 2.70 bits per heavy atom. The monoisotopic (exact) mass is 415 g/mol. The van der Waals surface area contributed by atoms with Crippen molar-refractivity contribution >= 4 is 22.4 Å². The van der Waals surface area contributed by atoms with Gasteiger partial charge in [-0.05, 0) is 35.0 Å². The fourth-order valence-electron chi connectivity index (χ4n) is 2.88. The van der Waals surface area contributed by atoms with Crippen LogP contribution < -0.4 is 10.1 Å². The van der Waals surface area contributed by atoms with E-state index in [1.807, 2.05) is 42.5 Å². The molecule has 0 bridgehead atoms. The van der Waals surface area contributed by atoms with Crippen molar-refractivity contribution in [2.45, 2.75) is 19.3 Å². The Labute approximate surface area is 168 Å². The zero-order valence-electron chi connectivity index (χ0n) is 15.5. The Kier molecular flexibility index (Phi) is 5.18. The van der Waals surface area contributed by atoms with Crippen LogP contribution in [0.3, 0.4) is 0 Å². The van der Waals surface area contributed by atoms with Gasteiger partial charge in [0.15, 0.2) is 5.76 Å². The van der Waals surface area contributed by atoms with Gasteiger partial charge in [-0.3, -0.25) is 9.48 Å². The molecule has 0 fully saturated rings. The third-order valence-electron chi connectivity index (χ3n) is 4.22. The van der Waals surface area contributed by atoms with Crippen molar-refractivity contribution in [3.63, 3.8) is 0 Å². The lowest BCUT2D eigenvalue weighted by Gasteiger charge is -2.06. The number of rotatable bonds is 6. The van der Waals surface area contributed by atoms with Gasteiger partial charge in [0.25, 0.3) is 5.91 Å². The van der Waals surface area contributed by atoms with E-state index in [1.54, 1.807) is 6.07 Å². The van der Waals surface area contributed by atoms with E-state index in [0.717, 1.165) is 23.2 Å². The number of nitrogens with zero attached hydrogens (tertiary/aromatic N) is 2. The van der Waals surface area contributed by atoms with E-state index in [2.05, 4.69) is 10.4 Å². The maximum absolute atomic E-state index is 12.4. The first-order valence-electron chi connectivity index (χ1n) is 8.97. The van der Waals surface area contributed by atoms with Crippen molar-refractivity contribution < 1.29 is 27.1 Å². The predicted molar refractivity (Wildman–Crippen MR) is 103 cm³/mol. The van der Waals surface area contributed by atoms with Gasteiger partial charge in [0.1, 0.15) is 24.7 Å². The summed E-state index contributed by atoms with van der Waals surface area (Å²) >= 11 is 0. The number of carbonyl (C=O) groups is 1. The number of amides is 1. The number of aromatic nitrogens is 2. The molecule has 0 unspecified atom stereocenters. The molecule has 0 saturated heterocycles. The van der Waals surface area contributed by atoms with Gasteiger partial charge in [0.05, 0.1) is 11.9 Å². The zero-order valence-corrected chi connectivity index (χ0v) is 15.5. The third kappa shape index (κ3) is 4.80. The van der Waals surface area contributed by atoms with E-state index in [-0.39, 0.29) is 18.1 Å². The lowest BCUT2D eigenvalue weighted by molar-refractivity contribution is -0.142. The summed E-state index contributed by atoms with van der Waals surface area (Å²) in [6.07, 6.45) is -2.16. The third-order valence-corrected chi connectivity index (χ3v) is 4.22. The second-order valence-corrected chi connectivity index (χ2v) is 6.56. The summed E-state index contributed by atoms with van der Waals surface area (Å²) in [5.41, 5.74) is 0.134. The summed E-state index contributed by atoms with van der Waals surface area (Å²) in [6.45, 7) is -1.12. The molecule has 0 saturated carbocycles. The van der Waals surface area contributed by atoms with Crippen LogP contribution in [0.5, 0.6) is 5.75 Å². The molecular formula is C21H16F3N3O3. The topological polar surface area (TPSA) is 69.3 Å². The minimum atomic E-state index is -4.39. The number of halogens is 3. The maximum Gasteiger partial charge on any atom is 0.408 e. The number of ether oxygens (including phenoxy) is 1. The quantitative estimate of drug-likeness (QED) is 0.480. The van der Waals surface area contributed by atoms with Crippen LogP contribution in [0.4, 0.5) is 18.9 Å². The largest absolute Gasteiger partial charge is 0.486 e. The van der Waals surface area contributed by atoms with E-state index in [1.165, 1.54) is 6.07 Å². The summed E-state index contributed by atoms with van der Waals surface area (Å²) in [4.78, 5) is 12.2. The molecular weight excluding hydrogens is 399 g/mol. The lowest BCUT2D eigenvalue weighted by atomic mass is 10.1. The van der Waals surface area contributed by atoms with Crippen molar-refractivity contribution in [2.75, 3.05) is 5.32 Å². The van der Waals surface area contributed by atoms with Crippen LogP contribution in [0.15, 0.2) is 71.4 Å². The van der Waals surface area contributed by atoms with Crippen molar-refractivity contribution in [2.24, 2.45) is 0 Å². The Bertz CT molecular complexity index is 1180. The summed E-state index contributed by atoms with van der Waals surface area (Å²) in [5.74, 6) is 0.503. The fraction of sp³-hybridized carbons (Fsp3) is 0.143. The Balaban J connectivity index is 1.35. The Morgan fingerprint density at radius 2 is 1.90 bits per heavy atom. The van der Waals surface area contributed by atoms with Crippen molar-refractivity contribution in [3.05, 3.63) is 78.5 Å². The molecule has 0 atom stereocenters. The smallest absolute Gasteiger partial charge is 0.408 e. The number of nitrogens with one attached hydrogen (secondary N) is 1. The first-order chi connectivity index (χ1) is 14.4. The molecule has 30 heavy (non-hydrogen) atoms. The van der Waals surface area contributed by atoms with Crippen molar-refractivity contribution in [1.29, 1.82) is 0 Å². The van der Waals surface area contributed by atoms with Crippen LogP contribution in [-0.2, 0) is 13.2 Å². The Hall–Kier alpha value is -3.75. The summed E-state index contributed by atoms with van der Waals surface area (Å²) in [5, 5.41) is 8.16. The number of hydrogen-bond donors (Lipinski definition) is 1. The average molecular weight is 415 g/mol. The number of fused-ring (bicyclic) bond motifs is 1. The second kappa shape index (κ2) is 7.94. The number of furan rings is 1. The molecule has 0 aliphatic heterocycles. The maximum atomic E-state index is 12.4. The molecule has 1 amide bonds. The Morgan fingerprint density at radius 1 is 1.10 bits per heavy atom. The van der Waals surface area contributed by atoms with Gasteiger partial charge in [-0.25, -0.2) is 0 Å². The molecule has 1 N–H and O–H groups in total. The van der Waals surface area contributed by atoms with Crippen LogP contribution in [0.25, 0.3) is 10.8 Å². The highest BCUT2D eigenvalue weighted by Gasteiger charge is 2.28. The molecule has 0 aliphatic rings. The van der Waals surface area contributed by atoms with Gasteiger partial charge in [-0.2, -0.15) is 18.3 Å². The van der Waals surface area contributed by atoms with E-state index in [9.17, 15) is 18.0 Å². The van der Waals surface area contributed by atoms with Crippen LogP contribution in [0, 0.1) is 0 Å². The lowest BCUT2D eigenvalue weighted by Crippen LogP contribution is -2.17. The van der Waals surface area contributed by atoms with Crippen LogP contribution in [0.2, 0.25) is 0 Å². The summed E-state index contributed by atoms with van der Waals surface area (Å²) in [7, 11) is 0. The number of alkyl halides is 3. The van der Waals surface area contributed by atoms with Gasteiger partial charge < -0.3 is 14.5 Å². The van der Waals surface area contributed by atoms with Gasteiger partial charge in [0, 0.05) is 6.20 Å². The zero-order chi connectivity index (χ0) is 21.1. The predicted octanol–water partition coefficient (Wildman–Crippen LogP) is 5.02. The van der Waals surface area contributed by atoms with Crippen molar-refractivity contribution in [3.8, 4) is 5.75 Å². The normalized spacial score (nSPS) is 11.6. The molecule has 9 heteroatoms. The van der Waals surface area contributed by atoms with Gasteiger partial charge >= 0.3 is 6.18 Å². The van der Waals surface area contributed by atoms with Gasteiger partial charge in [0.2, 0.25) is 0 Å². The second-order valence-electron chi connectivity index (χ2n) is 6.56. The summed E-state index contributed by atoms with van der Waals surface area (Å²) in [6, 6.07) is 16.7. The van der Waals surface area contributed by atoms with Crippen LogP contribution >= 0.6 is 0 Å². The number of benzene rings is 2. The minimum absolute atomic E-state index is 0.00989. The van der Waals surface area contributed by atoms with Crippen LogP contribution in [-0.4, -0.2) is 21.9 Å². The molecule has 2 aromatic carbocycles. The van der Waals surface area contributed by atoms with Gasteiger partial charge in [-0.1, -0.05) is 30.3 Å². The average Bonchev–Trinajstić information content (AvgIpc) is 3.34. The standard InChI is InChI=1S/C21H16F3N3O3/c22-21(23,24)13-27-11-16(10-25-27)26-20(28)19-8-7-18(30-19)12-29-17-6-5-14-3-1-2-4-15(14)9-17/h1-11H,12-13H2,(H,26,28). The highest BCUT2D eigenvalue weighted by molar-refractivity contribution is 6.02. The highest BCUT2D eigenvalue weighted by Crippen LogP contribution is 2.22. The summed E-state index contributed by atoms with van der Waals surface area (Å²) < 4.78 is 49.0. The first-order valence-corrected chi connectivity index (χ1v) is 8.97. The van der Waals surface area contributed by atoms with E-state index in [4.69, 9.17) is 9.15 Å². The van der Waals surface area contributed by atoms with E-state index >= 15 is 0 Å².